The van der Waals surface area contributed by atoms with Crippen molar-refractivity contribution in [3.8, 4) is 11.5 Å². The van der Waals surface area contributed by atoms with Gasteiger partial charge in [0, 0.05) is 25.2 Å². The molecule has 2 aromatic rings. The molecule has 0 bridgehead atoms. The van der Waals surface area contributed by atoms with Crippen molar-refractivity contribution < 1.29 is 32.0 Å². The third-order valence-electron chi connectivity index (χ3n) is 4.42. The molecule has 1 N–H and O–H groups in total. The number of halogens is 1. The Morgan fingerprint density at radius 2 is 1.85 bits per heavy atom. The molecule has 10 nitrogen and oxygen atoms in total. The van der Waals surface area contributed by atoms with Crippen LogP contribution in [0.4, 0.5) is 15.8 Å². The van der Waals surface area contributed by atoms with Gasteiger partial charge >= 0.3 is 5.69 Å². The molecule has 0 aliphatic heterocycles. The highest BCUT2D eigenvalue weighted by Gasteiger charge is 2.24. The van der Waals surface area contributed by atoms with Crippen molar-refractivity contribution in [1.29, 1.82) is 0 Å². The highest BCUT2D eigenvalue weighted by molar-refractivity contribution is 7.89. The summed E-state index contributed by atoms with van der Waals surface area (Å²) in [6.45, 7) is 7.01. The smallest absolute Gasteiger partial charge is 0.305 e. The second-order valence-corrected chi connectivity index (χ2v) is 9.06. The SMILES string of the molecule is CCN(CC)S(=O)(=O)c1ccc(OC(C)C)c(NC(=O)COc2ccc([N+](=O)[O-])c(F)c2)c1. The summed E-state index contributed by atoms with van der Waals surface area (Å²) >= 11 is 0. The number of amides is 1. The quantitative estimate of drug-likeness (QED) is 0.382. The topological polar surface area (TPSA) is 128 Å². The van der Waals surface area contributed by atoms with E-state index in [0.29, 0.717) is 0 Å². The van der Waals surface area contributed by atoms with Gasteiger partial charge in [-0.2, -0.15) is 8.70 Å². The summed E-state index contributed by atoms with van der Waals surface area (Å²) < 4.78 is 51.6. The molecule has 0 fully saturated rings. The zero-order valence-electron chi connectivity index (χ0n) is 18.7. The van der Waals surface area contributed by atoms with Crippen LogP contribution in [0.3, 0.4) is 0 Å². The largest absolute Gasteiger partial charge is 0.489 e. The minimum absolute atomic E-state index is 0.0176. The van der Waals surface area contributed by atoms with E-state index in [1.165, 1.54) is 28.6 Å². The maximum Gasteiger partial charge on any atom is 0.305 e. The lowest BCUT2D eigenvalue weighted by Crippen LogP contribution is -2.30. The van der Waals surface area contributed by atoms with E-state index in [0.717, 1.165) is 12.1 Å². The van der Waals surface area contributed by atoms with Gasteiger partial charge in [-0.3, -0.25) is 14.9 Å². The number of nitro benzene ring substituents is 1. The van der Waals surface area contributed by atoms with Crippen molar-refractivity contribution in [2.75, 3.05) is 25.0 Å². The molecular formula is C21H26FN3O7S. The second-order valence-electron chi connectivity index (χ2n) is 7.12. The molecule has 0 saturated heterocycles. The maximum atomic E-state index is 13.7. The van der Waals surface area contributed by atoms with E-state index in [1.807, 2.05) is 0 Å². The molecule has 0 aromatic heterocycles. The number of hydrogen-bond acceptors (Lipinski definition) is 7. The molecule has 0 aliphatic rings. The van der Waals surface area contributed by atoms with E-state index in [9.17, 15) is 27.7 Å². The molecule has 12 heteroatoms. The Labute approximate surface area is 191 Å². The number of rotatable bonds is 11. The van der Waals surface area contributed by atoms with Gasteiger partial charge in [-0.15, -0.1) is 0 Å². The number of ether oxygens (including phenoxy) is 2. The van der Waals surface area contributed by atoms with E-state index >= 15 is 0 Å². The Hall–Kier alpha value is -3.25. The molecule has 2 rings (SSSR count). The first-order valence-electron chi connectivity index (χ1n) is 10.2. The molecule has 1 amide bonds. The van der Waals surface area contributed by atoms with Crippen LogP contribution in [0.2, 0.25) is 0 Å². The summed E-state index contributed by atoms with van der Waals surface area (Å²) in [5, 5.41) is 13.2. The van der Waals surface area contributed by atoms with Gasteiger partial charge in [0.1, 0.15) is 11.5 Å². The number of nitrogens with zero attached hydrogens (tertiary/aromatic N) is 2. The van der Waals surface area contributed by atoms with Crippen molar-refractivity contribution in [2.45, 2.75) is 38.7 Å². The van der Waals surface area contributed by atoms with Crippen LogP contribution in [-0.4, -0.2) is 49.4 Å². The molecule has 0 heterocycles. The minimum Gasteiger partial charge on any atom is -0.489 e. The molecule has 0 saturated carbocycles. The van der Waals surface area contributed by atoms with Crippen molar-refractivity contribution in [3.05, 3.63) is 52.3 Å². The molecule has 33 heavy (non-hydrogen) atoms. The molecule has 0 aliphatic carbocycles. The molecule has 0 spiro atoms. The number of anilines is 1. The number of benzene rings is 2. The first kappa shape index (κ1) is 26.0. The van der Waals surface area contributed by atoms with Gasteiger partial charge in [0.15, 0.2) is 6.61 Å². The minimum atomic E-state index is -3.78. The molecule has 180 valence electrons. The van der Waals surface area contributed by atoms with E-state index < -0.39 is 39.0 Å². The van der Waals surface area contributed by atoms with Crippen LogP contribution in [0.15, 0.2) is 41.3 Å². The standard InChI is InChI=1S/C21H26FN3O7S/c1-5-24(6-2)33(29,30)16-8-10-20(32-14(3)4)18(12-16)23-21(26)13-31-15-7-9-19(25(27)28)17(22)11-15/h7-12,14H,5-6,13H2,1-4H3,(H,23,26). The van der Waals surface area contributed by atoms with Gasteiger partial charge in [0.2, 0.25) is 15.8 Å². The van der Waals surface area contributed by atoms with E-state index in [4.69, 9.17) is 9.47 Å². The fourth-order valence-electron chi connectivity index (χ4n) is 2.90. The number of sulfonamides is 1. The third kappa shape index (κ3) is 6.62. The van der Waals surface area contributed by atoms with Crippen LogP contribution < -0.4 is 14.8 Å². The lowest BCUT2D eigenvalue weighted by molar-refractivity contribution is -0.387. The number of carbonyl (C=O) groups excluding carboxylic acids is 1. The van der Waals surface area contributed by atoms with E-state index in [1.54, 1.807) is 27.7 Å². The second kappa shape index (κ2) is 11.1. The predicted octanol–water partition coefficient (Wildman–Crippen LogP) is 3.57. The van der Waals surface area contributed by atoms with Crippen molar-refractivity contribution in [2.24, 2.45) is 0 Å². The van der Waals surface area contributed by atoms with Crippen LogP contribution in [0.1, 0.15) is 27.7 Å². The van der Waals surface area contributed by atoms with Crippen LogP contribution in [0.5, 0.6) is 11.5 Å². The average Bonchev–Trinajstić information content (AvgIpc) is 2.73. The summed E-state index contributed by atoms with van der Waals surface area (Å²) in [4.78, 5) is 22.2. The zero-order chi connectivity index (χ0) is 24.8. The normalized spacial score (nSPS) is 11.5. The number of nitrogens with one attached hydrogen (secondary N) is 1. The monoisotopic (exact) mass is 483 g/mol. The first-order valence-corrected chi connectivity index (χ1v) is 11.6. The Kier molecular flexibility index (Phi) is 8.71. The summed E-state index contributed by atoms with van der Waals surface area (Å²) in [6, 6.07) is 7.05. The highest BCUT2D eigenvalue weighted by atomic mass is 32.2. The Morgan fingerprint density at radius 1 is 1.18 bits per heavy atom. The Bertz CT molecular complexity index is 1120. The van der Waals surface area contributed by atoms with Crippen LogP contribution >= 0.6 is 0 Å². The van der Waals surface area contributed by atoms with E-state index in [2.05, 4.69) is 5.32 Å². The van der Waals surface area contributed by atoms with Gasteiger partial charge in [0.05, 0.1) is 21.6 Å². The number of nitro groups is 1. The van der Waals surface area contributed by atoms with Crippen molar-refractivity contribution >= 4 is 27.3 Å². The molecule has 0 unspecified atom stereocenters. The molecule has 0 radical (unpaired) electrons. The zero-order valence-corrected chi connectivity index (χ0v) is 19.5. The average molecular weight is 484 g/mol. The van der Waals surface area contributed by atoms with Gasteiger partial charge in [-0.1, -0.05) is 13.8 Å². The summed E-state index contributed by atoms with van der Waals surface area (Å²) in [6.07, 6.45) is -0.245. The van der Waals surface area contributed by atoms with Crippen LogP contribution in [0, 0.1) is 15.9 Å². The molecule has 0 atom stereocenters. The highest BCUT2D eigenvalue weighted by Crippen LogP contribution is 2.30. The fraction of sp³-hybridized carbons (Fsp3) is 0.381. The maximum absolute atomic E-state index is 13.7. The van der Waals surface area contributed by atoms with Gasteiger partial charge in [-0.05, 0) is 38.1 Å². The summed E-state index contributed by atoms with van der Waals surface area (Å²) in [7, 11) is -3.78. The summed E-state index contributed by atoms with van der Waals surface area (Å²) in [5.74, 6) is -1.58. The Balaban J connectivity index is 2.23. The van der Waals surface area contributed by atoms with Gasteiger partial charge in [0.25, 0.3) is 5.91 Å². The van der Waals surface area contributed by atoms with E-state index in [-0.39, 0.29) is 41.3 Å². The van der Waals surface area contributed by atoms with Gasteiger partial charge < -0.3 is 14.8 Å². The predicted molar refractivity (Wildman–Crippen MR) is 119 cm³/mol. The first-order chi connectivity index (χ1) is 15.5. The third-order valence-corrected chi connectivity index (χ3v) is 6.46. The lowest BCUT2D eigenvalue weighted by Gasteiger charge is -2.20. The molecule has 2 aromatic carbocycles. The Morgan fingerprint density at radius 3 is 2.39 bits per heavy atom. The lowest BCUT2D eigenvalue weighted by atomic mass is 10.2. The fourth-order valence-corrected chi connectivity index (χ4v) is 4.38. The van der Waals surface area contributed by atoms with Crippen LogP contribution in [-0.2, 0) is 14.8 Å². The number of hydrogen-bond donors (Lipinski definition) is 1. The van der Waals surface area contributed by atoms with Crippen molar-refractivity contribution in [3.63, 3.8) is 0 Å². The van der Waals surface area contributed by atoms with Crippen molar-refractivity contribution in [1.82, 2.24) is 4.31 Å². The van der Waals surface area contributed by atoms with Gasteiger partial charge in [-0.25, -0.2) is 8.42 Å². The number of carbonyl (C=O) groups is 1. The summed E-state index contributed by atoms with van der Waals surface area (Å²) in [5.41, 5.74) is -0.589. The van der Waals surface area contributed by atoms with Crippen LogP contribution in [0.25, 0.3) is 0 Å². The molecular weight excluding hydrogens is 457 g/mol.